The number of hydrogen-bond donors (Lipinski definition) is 1. The first-order valence-electron chi connectivity index (χ1n) is 15.3. The molecule has 12 heteroatoms. The summed E-state index contributed by atoms with van der Waals surface area (Å²) >= 11 is 17.9. The molecular weight excluding hydrogens is 697 g/mol. The zero-order valence-corrected chi connectivity index (χ0v) is 27.9. The first kappa shape index (κ1) is 31.4. The van der Waals surface area contributed by atoms with Crippen molar-refractivity contribution in [3.8, 4) is 5.75 Å². The van der Waals surface area contributed by atoms with E-state index in [0.717, 1.165) is 23.7 Å². The maximum Gasteiger partial charge on any atom is 0.254 e. The van der Waals surface area contributed by atoms with Gasteiger partial charge in [0.05, 0.1) is 36.2 Å². The summed E-state index contributed by atoms with van der Waals surface area (Å²) in [6.07, 6.45) is 3.98. The van der Waals surface area contributed by atoms with Crippen molar-refractivity contribution in [3.05, 3.63) is 77.9 Å². The lowest BCUT2D eigenvalue weighted by Crippen LogP contribution is -2.60. The lowest BCUT2D eigenvalue weighted by Gasteiger charge is -2.50. The molecule has 4 fully saturated rings. The number of morpholine rings is 1. The van der Waals surface area contributed by atoms with Gasteiger partial charge < -0.3 is 14.7 Å². The Labute approximate surface area is 284 Å². The van der Waals surface area contributed by atoms with Gasteiger partial charge in [0.2, 0.25) is 11.8 Å². The maximum atomic E-state index is 14.3. The van der Waals surface area contributed by atoms with Crippen LogP contribution < -0.4 is 9.80 Å². The molecule has 9 nitrogen and oxygen atoms in total. The second-order valence-corrected chi connectivity index (χ2v) is 14.2. The van der Waals surface area contributed by atoms with Crippen LogP contribution in [0.3, 0.4) is 0 Å². The third-order valence-electron chi connectivity index (χ3n) is 10.3. The highest BCUT2D eigenvalue weighted by atomic mass is 79.9. The number of phenolic OH excluding ortho intramolecular Hbond substituents is 1. The molecule has 5 aliphatic rings. The monoisotopic (exact) mass is 727 g/mol. The van der Waals surface area contributed by atoms with Crippen molar-refractivity contribution in [3.63, 3.8) is 0 Å². The van der Waals surface area contributed by atoms with E-state index in [1.165, 1.54) is 4.90 Å². The summed E-state index contributed by atoms with van der Waals surface area (Å²) in [7, 11) is 0. The number of hydrogen-bond acceptors (Lipinski definition) is 7. The first-order valence-corrected chi connectivity index (χ1v) is 17.2. The summed E-state index contributed by atoms with van der Waals surface area (Å²) in [6, 6.07) is 12.5. The summed E-state index contributed by atoms with van der Waals surface area (Å²) in [5.41, 5.74) is 2.85. The van der Waals surface area contributed by atoms with Crippen molar-refractivity contribution < 1.29 is 29.0 Å². The van der Waals surface area contributed by atoms with Gasteiger partial charge in [0, 0.05) is 30.3 Å². The van der Waals surface area contributed by atoms with Gasteiger partial charge in [-0.1, -0.05) is 51.9 Å². The fraction of sp³-hybridized carbons (Fsp3) is 0.412. The Balaban J connectivity index is 1.31. The Morgan fingerprint density at radius 2 is 1.67 bits per heavy atom. The molecule has 3 saturated heterocycles. The van der Waals surface area contributed by atoms with Gasteiger partial charge in [-0.05, 0) is 55.0 Å². The predicted octanol–water partition coefficient (Wildman–Crippen LogP) is 4.87. The van der Waals surface area contributed by atoms with Crippen LogP contribution in [0, 0.1) is 17.8 Å². The molecule has 6 atom stereocenters. The third kappa shape index (κ3) is 4.29. The number of anilines is 2. The van der Waals surface area contributed by atoms with Crippen molar-refractivity contribution >= 4 is 74.1 Å². The van der Waals surface area contributed by atoms with E-state index in [-0.39, 0.29) is 35.9 Å². The minimum absolute atomic E-state index is 0.0801. The normalized spacial score (nSPS) is 32.3. The Morgan fingerprint density at radius 3 is 2.35 bits per heavy atom. The summed E-state index contributed by atoms with van der Waals surface area (Å²) in [5, 5.41) is 11.5. The van der Waals surface area contributed by atoms with Gasteiger partial charge in [0.1, 0.15) is 5.75 Å². The second-order valence-electron chi connectivity index (χ2n) is 12.5. The van der Waals surface area contributed by atoms with E-state index in [2.05, 4.69) is 27.4 Å². The summed E-state index contributed by atoms with van der Waals surface area (Å²) < 4.78 is 5.45. The van der Waals surface area contributed by atoms with E-state index in [4.69, 9.17) is 27.9 Å². The van der Waals surface area contributed by atoms with E-state index >= 15 is 0 Å². The number of fused-ring (bicyclic) bond motifs is 4. The van der Waals surface area contributed by atoms with Gasteiger partial charge in [-0.3, -0.25) is 29.0 Å². The van der Waals surface area contributed by atoms with E-state index in [1.807, 2.05) is 18.2 Å². The van der Waals surface area contributed by atoms with Crippen LogP contribution in [0.5, 0.6) is 5.75 Å². The lowest BCUT2D eigenvalue weighted by atomic mass is 9.56. The van der Waals surface area contributed by atoms with Crippen LogP contribution in [0.25, 0.3) is 0 Å². The summed E-state index contributed by atoms with van der Waals surface area (Å²) in [4.78, 5) is 56.6. The zero-order chi connectivity index (χ0) is 32.5. The molecule has 0 radical (unpaired) electrons. The molecular formula is C34H32BrCl2N3O6. The molecule has 0 bridgehead atoms. The lowest BCUT2D eigenvalue weighted by molar-refractivity contribution is -0.138. The Morgan fingerprint density at radius 1 is 0.978 bits per heavy atom. The number of aromatic hydroxyl groups is 1. The molecule has 240 valence electrons. The topological polar surface area (TPSA) is 107 Å². The van der Waals surface area contributed by atoms with Crippen molar-refractivity contribution in [2.75, 3.05) is 41.6 Å². The number of amides is 4. The summed E-state index contributed by atoms with van der Waals surface area (Å²) in [6.45, 7) is 6.55. The summed E-state index contributed by atoms with van der Waals surface area (Å²) in [5.74, 6) is -5.37. The average Bonchev–Trinajstić information content (AvgIpc) is 3.40. The number of likely N-dealkylation sites (tertiary alicyclic amines) is 1. The highest BCUT2D eigenvalue weighted by molar-refractivity contribution is 9.09. The van der Waals surface area contributed by atoms with Gasteiger partial charge in [0.15, 0.2) is 9.75 Å². The highest BCUT2D eigenvalue weighted by Crippen LogP contribution is 2.66. The molecule has 2 aromatic carbocycles. The number of benzene rings is 2. The molecule has 2 aliphatic carbocycles. The van der Waals surface area contributed by atoms with Crippen LogP contribution in [0.15, 0.2) is 66.8 Å². The van der Waals surface area contributed by atoms with Gasteiger partial charge in [-0.2, -0.15) is 0 Å². The minimum atomic E-state index is -1.99. The maximum absolute atomic E-state index is 14.3. The van der Waals surface area contributed by atoms with Crippen LogP contribution in [0.4, 0.5) is 11.4 Å². The van der Waals surface area contributed by atoms with Crippen LogP contribution in [-0.2, 0) is 30.3 Å². The largest absolute Gasteiger partial charge is 0.507 e. The van der Waals surface area contributed by atoms with E-state index < -0.39 is 45.2 Å². The van der Waals surface area contributed by atoms with Crippen LogP contribution >= 0.6 is 39.1 Å². The van der Waals surface area contributed by atoms with Crippen molar-refractivity contribution in [2.45, 2.75) is 34.9 Å². The molecule has 46 heavy (non-hydrogen) atoms. The SMILES string of the molecule is C=CCc1cccc(C2C3=CCC4C(=O)N(c5ccc(N6CCOCC6)cc5)C(=O)C4C3CC3(Cl)C(=O)N(CBr)C(=O)C23Cl)c1O. The smallest absolute Gasteiger partial charge is 0.254 e. The number of ether oxygens (including phenoxy) is 1. The van der Waals surface area contributed by atoms with Gasteiger partial charge >= 0.3 is 0 Å². The molecule has 6 unspecified atom stereocenters. The Bertz CT molecular complexity index is 1690. The number of nitrogens with zero attached hydrogens (tertiary/aromatic N) is 3. The average molecular weight is 729 g/mol. The standard InChI is InChI=1S/C34H32BrCl2N3O6/c1-2-4-19-5-3-6-24(28(19)41)27-22-11-12-23-26(25(22)17-33(36)31(44)39(18-35)32(45)34(27,33)37)30(43)40(29(23)42)21-9-7-20(8-10-21)38-13-15-46-16-14-38/h2-3,5-11,23,25-27,41H,1,4,12-18H2. The van der Waals surface area contributed by atoms with Crippen LogP contribution in [0.2, 0.25) is 0 Å². The number of carbonyl (C=O) groups is 4. The van der Waals surface area contributed by atoms with E-state index in [9.17, 15) is 24.3 Å². The molecule has 1 N–H and O–H groups in total. The van der Waals surface area contributed by atoms with Crippen molar-refractivity contribution in [2.24, 2.45) is 17.8 Å². The van der Waals surface area contributed by atoms with Gasteiger partial charge in [-0.25, -0.2) is 0 Å². The molecule has 0 spiro atoms. The molecule has 7 rings (SSSR count). The fourth-order valence-corrected chi connectivity index (χ4v) is 9.57. The molecule has 3 aliphatic heterocycles. The van der Waals surface area contributed by atoms with Gasteiger partial charge in [0.25, 0.3) is 11.8 Å². The van der Waals surface area contributed by atoms with Gasteiger partial charge in [-0.15, -0.1) is 29.8 Å². The number of allylic oxidation sites excluding steroid dienone is 3. The highest BCUT2D eigenvalue weighted by Gasteiger charge is 2.76. The zero-order valence-electron chi connectivity index (χ0n) is 24.8. The van der Waals surface area contributed by atoms with Crippen LogP contribution in [-0.4, -0.2) is 75.1 Å². The minimum Gasteiger partial charge on any atom is -0.507 e. The quantitative estimate of drug-likeness (QED) is 0.196. The Kier molecular flexibility index (Phi) is 7.86. The van der Waals surface area contributed by atoms with Crippen molar-refractivity contribution in [1.29, 1.82) is 0 Å². The first-order chi connectivity index (χ1) is 22.1. The van der Waals surface area contributed by atoms with Crippen molar-refractivity contribution in [1.82, 2.24) is 4.90 Å². The number of imide groups is 2. The predicted molar refractivity (Wildman–Crippen MR) is 177 cm³/mol. The molecule has 4 amide bonds. The van der Waals surface area contributed by atoms with E-state index in [0.29, 0.717) is 42.0 Å². The number of alkyl halides is 3. The molecule has 2 aromatic rings. The molecule has 0 aromatic heterocycles. The third-order valence-corrected chi connectivity index (χ3v) is 12.2. The fourth-order valence-electron chi connectivity index (χ4n) is 8.15. The number of para-hydroxylation sites is 1. The number of rotatable bonds is 6. The van der Waals surface area contributed by atoms with E-state index in [1.54, 1.807) is 36.4 Å². The number of halogens is 3. The Hall–Kier alpha value is -3.18. The molecule has 3 heterocycles. The number of phenols is 1. The van der Waals surface area contributed by atoms with Crippen LogP contribution in [0.1, 0.15) is 29.9 Å². The second kappa shape index (κ2) is 11.5. The number of carbonyl (C=O) groups excluding carboxylic acids is 4. The molecule has 1 saturated carbocycles.